The Morgan fingerprint density at radius 3 is 2.16 bits per heavy atom. The Kier molecular flexibility index (Phi) is 11.4. The number of rotatable bonds is 13. The van der Waals surface area contributed by atoms with E-state index in [-0.39, 0.29) is 38.6 Å². The molecule has 0 aliphatic carbocycles. The highest BCUT2D eigenvalue weighted by Gasteiger charge is 2.21. The van der Waals surface area contributed by atoms with Gasteiger partial charge in [0.05, 0.1) is 45.2 Å². The minimum Gasteiger partial charge on any atom is -0.396 e. The smallest absolute Gasteiger partial charge is 0.101 e. The molecule has 0 aromatic rings. The summed E-state index contributed by atoms with van der Waals surface area (Å²) in [6.45, 7) is 5.38. The van der Waals surface area contributed by atoms with Crippen molar-refractivity contribution in [1.29, 1.82) is 0 Å². The molecule has 6 heteroatoms. The minimum atomic E-state index is -0.693. The SMILES string of the molecule is CCC(C)(CCO)OCCOCC(O)COCCO. The number of aliphatic hydroxyl groups excluding tert-OH is 3. The van der Waals surface area contributed by atoms with E-state index in [4.69, 9.17) is 24.4 Å². The monoisotopic (exact) mass is 280 g/mol. The molecule has 0 rings (SSSR count). The van der Waals surface area contributed by atoms with Gasteiger partial charge in [-0.25, -0.2) is 0 Å². The average molecular weight is 280 g/mol. The van der Waals surface area contributed by atoms with Crippen molar-refractivity contribution in [2.45, 2.75) is 38.4 Å². The number of hydrogen-bond acceptors (Lipinski definition) is 6. The lowest BCUT2D eigenvalue weighted by Gasteiger charge is -2.28. The second-order valence-corrected chi connectivity index (χ2v) is 4.65. The summed E-state index contributed by atoms with van der Waals surface area (Å²) in [5, 5.41) is 26.9. The lowest BCUT2D eigenvalue weighted by Crippen LogP contribution is -2.31. The predicted molar refractivity (Wildman–Crippen MR) is 71.1 cm³/mol. The molecule has 3 N–H and O–H groups in total. The molecule has 2 unspecified atom stereocenters. The predicted octanol–water partition coefficient (Wildman–Crippen LogP) is -0.0595. The van der Waals surface area contributed by atoms with E-state index >= 15 is 0 Å². The van der Waals surface area contributed by atoms with E-state index in [1.165, 1.54) is 0 Å². The zero-order valence-electron chi connectivity index (χ0n) is 12.0. The number of hydrogen-bond donors (Lipinski definition) is 3. The lowest BCUT2D eigenvalue weighted by molar-refractivity contribution is -0.0823. The molecule has 0 spiro atoms. The van der Waals surface area contributed by atoms with E-state index in [0.717, 1.165) is 6.42 Å². The average Bonchev–Trinajstić information content (AvgIpc) is 2.39. The summed E-state index contributed by atoms with van der Waals surface area (Å²) in [5.74, 6) is 0. The van der Waals surface area contributed by atoms with E-state index in [0.29, 0.717) is 19.6 Å². The van der Waals surface area contributed by atoms with Gasteiger partial charge >= 0.3 is 0 Å². The van der Waals surface area contributed by atoms with Crippen molar-refractivity contribution >= 4 is 0 Å². The molecule has 0 amide bonds. The molecule has 2 atom stereocenters. The van der Waals surface area contributed by atoms with Crippen LogP contribution in [0.5, 0.6) is 0 Å². The molecule has 0 bridgehead atoms. The van der Waals surface area contributed by atoms with Crippen LogP contribution in [0.2, 0.25) is 0 Å². The summed E-state index contributed by atoms with van der Waals surface area (Å²) >= 11 is 0. The molecule has 0 radical (unpaired) electrons. The van der Waals surface area contributed by atoms with Crippen molar-refractivity contribution in [2.75, 3.05) is 46.2 Å². The molecule has 0 saturated carbocycles. The fourth-order valence-electron chi connectivity index (χ4n) is 1.49. The van der Waals surface area contributed by atoms with E-state index in [2.05, 4.69) is 0 Å². The first kappa shape index (κ1) is 18.8. The largest absolute Gasteiger partial charge is 0.396 e. The molecule has 0 aromatic heterocycles. The van der Waals surface area contributed by atoms with Crippen LogP contribution in [-0.2, 0) is 14.2 Å². The topological polar surface area (TPSA) is 88.4 Å². The van der Waals surface area contributed by atoms with Gasteiger partial charge in [-0.15, -0.1) is 0 Å². The van der Waals surface area contributed by atoms with Crippen molar-refractivity contribution in [3.8, 4) is 0 Å². The first-order chi connectivity index (χ1) is 9.08. The maximum Gasteiger partial charge on any atom is 0.101 e. The minimum absolute atomic E-state index is 0.0537. The maximum atomic E-state index is 9.46. The first-order valence-electron chi connectivity index (χ1n) is 6.77. The van der Waals surface area contributed by atoms with Gasteiger partial charge in [-0.1, -0.05) is 6.92 Å². The van der Waals surface area contributed by atoms with E-state index in [1.807, 2.05) is 13.8 Å². The highest BCUT2D eigenvalue weighted by atomic mass is 16.5. The van der Waals surface area contributed by atoms with Crippen molar-refractivity contribution in [2.24, 2.45) is 0 Å². The fourth-order valence-corrected chi connectivity index (χ4v) is 1.49. The molecule has 0 heterocycles. The van der Waals surface area contributed by atoms with Gasteiger partial charge in [0, 0.05) is 6.61 Å². The Hall–Kier alpha value is -0.240. The van der Waals surface area contributed by atoms with Crippen LogP contribution in [0, 0.1) is 0 Å². The van der Waals surface area contributed by atoms with Crippen LogP contribution in [0.4, 0.5) is 0 Å². The van der Waals surface area contributed by atoms with E-state index < -0.39 is 6.10 Å². The van der Waals surface area contributed by atoms with E-state index in [9.17, 15) is 5.11 Å². The summed E-state index contributed by atoms with van der Waals surface area (Å²) in [5.41, 5.74) is -0.318. The van der Waals surface area contributed by atoms with Gasteiger partial charge in [-0.3, -0.25) is 0 Å². The molecule has 0 aliphatic rings. The molecule has 0 aromatic carbocycles. The van der Waals surface area contributed by atoms with Crippen molar-refractivity contribution in [3.05, 3.63) is 0 Å². The fraction of sp³-hybridized carbons (Fsp3) is 1.00. The van der Waals surface area contributed by atoms with Gasteiger partial charge in [0.2, 0.25) is 0 Å². The molecule has 0 aliphatic heterocycles. The molecule has 6 nitrogen and oxygen atoms in total. The van der Waals surface area contributed by atoms with Crippen LogP contribution in [0.1, 0.15) is 26.7 Å². The Morgan fingerprint density at radius 2 is 1.63 bits per heavy atom. The molecular formula is C13H28O6. The normalized spacial score (nSPS) is 16.3. The van der Waals surface area contributed by atoms with E-state index in [1.54, 1.807) is 0 Å². The second-order valence-electron chi connectivity index (χ2n) is 4.65. The Morgan fingerprint density at radius 1 is 1.00 bits per heavy atom. The van der Waals surface area contributed by atoms with Crippen molar-refractivity contribution in [1.82, 2.24) is 0 Å². The van der Waals surface area contributed by atoms with Gasteiger partial charge in [0.15, 0.2) is 0 Å². The highest BCUT2D eigenvalue weighted by molar-refractivity contribution is 4.72. The Labute approximate surface area is 115 Å². The maximum absolute atomic E-state index is 9.46. The van der Waals surface area contributed by atoms with Crippen molar-refractivity contribution < 1.29 is 29.5 Å². The first-order valence-corrected chi connectivity index (χ1v) is 6.77. The zero-order chi connectivity index (χ0) is 14.6. The van der Waals surface area contributed by atoms with Crippen LogP contribution in [0.25, 0.3) is 0 Å². The highest BCUT2D eigenvalue weighted by Crippen LogP contribution is 2.18. The van der Waals surface area contributed by atoms with Gasteiger partial charge in [0.1, 0.15) is 6.10 Å². The zero-order valence-corrected chi connectivity index (χ0v) is 12.0. The van der Waals surface area contributed by atoms with Gasteiger partial charge in [-0.2, -0.15) is 0 Å². The summed E-state index contributed by atoms with van der Waals surface area (Å²) < 4.78 is 15.9. The van der Waals surface area contributed by atoms with Crippen LogP contribution in [-0.4, -0.2) is 73.3 Å². The van der Waals surface area contributed by atoms with Crippen LogP contribution in [0.15, 0.2) is 0 Å². The van der Waals surface area contributed by atoms with Gasteiger partial charge in [0.25, 0.3) is 0 Å². The van der Waals surface area contributed by atoms with Gasteiger partial charge < -0.3 is 29.5 Å². The third kappa shape index (κ3) is 10.2. The molecule has 0 saturated heterocycles. The molecule has 116 valence electrons. The Balaban J connectivity index is 3.52. The lowest BCUT2D eigenvalue weighted by atomic mass is 9.99. The second kappa shape index (κ2) is 11.6. The summed E-state index contributed by atoms with van der Waals surface area (Å²) in [6, 6.07) is 0. The Bertz CT molecular complexity index is 202. The molecule has 19 heavy (non-hydrogen) atoms. The standard InChI is InChI=1S/C13H28O6/c1-3-13(2,4-5-14)19-9-8-18-11-12(16)10-17-7-6-15/h12,14-16H,3-11H2,1-2H3. The van der Waals surface area contributed by atoms with Crippen LogP contribution in [0.3, 0.4) is 0 Å². The summed E-state index contributed by atoms with van der Waals surface area (Å²) in [7, 11) is 0. The van der Waals surface area contributed by atoms with Crippen LogP contribution < -0.4 is 0 Å². The molecule has 0 fully saturated rings. The summed E-state index contributed by atoms with van der Waals surface area (Å²) in [4.78, 5) is 0. The van der Waals surface area contributed by atoms with Crippen LogP contribution >= 0.6 is 0 Å². The molecular weight excluding hydrogens is 252 g/mol. The van der Waals surface area contributed by atoms with Gasteiger partial charge in [-0.05, 0) is 19.8 Å². The quantitative estimate of drug-likeness (QED) is 0.410. The number of aliphatic hydroxyl groups is 3. The van der Waals surface area contributed by atoms with Crippen molar-refractivity contribution in [3.63, 3.8) is 0 Å². The summed E-state index contributed by atoms with van der Waals surface area (Å²) in [6.07, 6.45) is 0.730. The third-order valence-corrected chi connectivity index (χ3v) is 2.92. The third-order valence-electron chi connectivity index (χ3n) is 2.92. The number of ether oxygens (including phenoxy) is 3.